The number of hydrogen-bond acceptors (Lipinski definition) is 4. The summed E-state index contributed by atoms with van der Waals surface area (Å²) in [6, 6.07) is 31.2. The highest BCUT2D eigenvalue weighted by atomic mass is 79.9. The predicted molar refractivity (Wildman–Crippen MR) is 172 cm³/mol. The van der Waals surface area contributed by atoms with Crippen molar-refractivity contribution in [3.8, 4) is 22.3 Å². The maximum atomic E-state index is 3.75. The highest BCUT2D eigenvalue weighted by Crippen LogP contribution is 2.54. The van der Waals surface area contributed by atoms with Crippen LogP contribution in [0.4, 0.5) is 0 Å². The summed E-state index contributed by atoms with van der Waals surface area (Å²) in [5.74, 6) is 0. The number of thiophene rings is 4. The average Bonchev–Trinajstić information content (AvgIpc) is 3.62. The molecule has 0 aliphatic rings. The van der Waals surface area contributed by atoms with Crippen LogP contribution in [0.25, 0.3) is 72.0 Å². The van der Waals surface area contributed by atoms with E-state index in [0.29, 0.717) is 0 Å². The second kappa shape index (κ2) is 8.22. The lowest BCUT2D eigenvalue weighted by Crippen LogP contribution is -1.80. The van der Waals surface area contributed by atoms with E-state index >= 15 is 0 Å². The van der Waals surface area contributed by atoms with Gasteiger partial charge in [0, 0.05) is 51.5 Å². The Labute approximate surface area is 239 Å². The fourth-order valence-electron chi connectivity index (χ4n) is 5.31. The predicted octanol–water partition coefficient (Wildman–Crippen LogP) is 12.6. The van der Waals surface area contributed by atoms with Crippen LogP contribution in [0.3, 0.4) is 0 Å². The fourth-order valence-corrected chi connectivity index (χ4v) is 11.4. The largest absolute Gasteiger partial charge is 0.134 e. The summed E-state index contributed by atoms with van der Waals surface area (Å²) in [5.41, 5.74) is 5.27. The van der Waals surface area contributed by atoms with Gasteiger partial charge in [0.25, 0.3) is 0 Å². The Bertz CT molecular complexity index is 1960. The first-order valence-electron chi connectivity index (χ1n) is 11.4. The molecule has 0 saturated carbocycles. The van der Waals surface area contributed by atoms with Gasteiger partial charge in [-0.1, -0.05) is 60.7 Å². The molecule has 8 aromatic rings. The summed E-state index contributed by atoms with van der Waals surface area (Å²) in [5, 5.41) is 5.44. The van der Waals surface area contributed by atoms with Crippen molar-refractivity contribution in [2.45, 2.75) is 0 Å². The Morgan fingerprint density at radius 2 is 0.861 bits per heavy atom. The molecule has 36 heavy (non-hydrogen) atoms. The van der Waals surface area contributed by atoms with Gasteiger partial charge in [-0.3, -0.25) is 0 Å². The number of benzene rings is 4. The molecule has 172 valence electrons. The Balaban J connectivity index is 1.60. The standard InChI is InChI=1S/C30H14Br2S4/c31-23-11-17-19(33-23)13-21-27(25(17)15-7-3-1-4-8-15)29-30(35-21)28-22(36-29)14-20-18(12-24(32)34-20)26(28)16-9-5-2-6-10-16/h1-14H. The third kappa shape index (κ3) is 3.19. The third-order valence-corrected chi connectivity index (χ3v) is 12.3. The molecule has 8 rings (SSSR count). The van der Waals surface area contributed by atoms with Gasteiger partial charge in [-0.15, -0.1) is 45.3 Å². The minimum atomic E-state index is 1.18. The van der Waals surface area contributed by atoms with Crippen LogP contribution in [-0.4, -0.2) is 0 Å². The summed E-state index contributed by atoms with van der Waals surface area (Å²) < 4.78 is 10.6. The van der Waals surface area contributed by atoms with Crippen LogP contribution in [0.1, 0.15) is 0 Å². The highest BCUT2D eigenvalue weighted by Gasteiger charge is 2.23. The van der Waals surface area contributed by atoms with Gasteiger partial charge in [0.1, 0.15) is 0 Å². The number of fused-ring (bicyclic) bond motifs is 7. The molecule has 0 unspecified atom stereocenters. The maximum absolute atomic E-state index is 3.75. The van der Waals surface area contributed by atoms with E-state index in [2.05, 4.69) is 117 Å². The third-order valence-electron chi connectivity index (χ3n) is 6.73. The quantitative estimate of drug-likeness (QED) is 0.173. The molecular formula is C30H14Br2S4. The van der Waals surface area contributed by atoms with E-state index in [4.69, 9.17) is 0 Å². The van der Waals surface area contributed by atoms with Crippen molar-refractivity contribution in [1.82, 2.24) is 0 Å². The average molecular weight is 663 g/mol. The van der Waals surface area contributed by atoms with Crippen molar-refractivity contribution in [2.24, 2.45) is 0 Å². The van der Waals surface area contributed by atoms with Gasteiger partial charge in [0.2, 0.25) is 0 Å². The molecule has 0 bridgehead atoms. The monoisotopic (exact) mass is 660 g/mol. The van der Waals surface area contributed by atoms with Crippen molar-refractivity contribution in [2.75, 3.05) is 0 Å². The minimum Gasteiger partial charge on any atom is -0.134 e. The van der Waals surface area contributed by atoms with Crippen LogP contribution in [0.2, 0.25) is 0 Å². The van der Waals surface area contributed by atoms with Crippen molar-refractivity contribution >= 4 is 127 Å². The van der Waals surface area contributed by atoms with E-state index in [1.54, 1.807) is 0 Å². The summed E-state index contributed by atoms with van der Waals surface area (Å²) in [6.07, 6.45) is 0. The molecule has 4 aromatic carbocycles. The Morgan fingerprint density at radius 1 is 0.444 bits per heavy atom. The van der Waals surface area contributed by atoms with Gasteiger partial charge >= 0.3 is 0 Å². The molecule has 6 heteroatoms. The van der Waals surface area contributed by atoms with E-state index in [-0.39, 0.29) is 0 Å². The SMILES string of the molecule is Brc1cc2c(-c3ccccc3)c3c(cc2s1)sc1c3sc2cc3sc(Br)cc3c(-c3ccccc3)c21. The van der Waals surface area contributed by atoms with E-state index in [9.17, 15) is 0 Å². The topological polar surface area (TPSA) is 0 Å². The zero-order valence-electron chi connectivity index (χ0n) is 18.5. The Hall–Kier alpha value is -2.06. The van der Waals surface area contributed by atoms with Crippen LogP contribution >= 0.6 is 77.2 Å². The van der Waals surface area contributed by atoms with Gasteiger partial charge in [-0.05, 0) is 67.3 Å². The second-order valence-electron chi connectivity index (χ2n) is 8.77. The van der Waals surface area contributed by atoms with Crippen LogP contribution in [-0.2, 0) is 0 Å². The molecule has 0 fully saturated rings. The minimum absolute atomic E-state index is 1.18. The number of rotatable bonds is 2. The lowest BCUT2D eigenvalue weighted by Gasteiger charge is -2.07. The zero-order chi connectivity index (χ0) is 24.0. The summed E-state index contributed by atoms with van der Waals surface area (Å²) in [6.45, 7) is 0. The van der Waals surface area contributed by atoms with Crippen molar-refractivity contribution in [1.29, 1.82) is 0 Å². The van der Waals surface area contributed by atoms with Gasteiger partial charge in [0.05, 0.1) is 17.0 Å². The first-order valence-corrected chi connectivity index (χ1v) is 16.2. The molecule has 0 nitrogen and oxygen atoms in total. The normalized spacial score (nSPS) is 12.2. The van der Waals surface area contributed by atoms with Crippen LogP contribution in [0.15, 0.2) is 92.5 Å². The van der Waals surface area contributed by atoms with Gasteiger partial charge < -0.3 is 0 Å². The highest BCUT2D eigenvalue weighted by molar-refractivity contribution is 9.11. The van der Waals surface area contributed by atoms with Crippen LogP contribution < -0.4 is 0 Å². The van der Waals surface area contributed by atoms with Crippen molar-refractivity contribution in [3.05, 3.63) is 92.5 Å². The molecule has 0 aliphatic heterocycles. The Morgan fingerprint density at radius 3 is 1.28 bits per heavy atom. The molecular weight excluding hydrogens is 648 g/mol. The number of halogens is 2. The summed E-state index contributed by atoms with van der Waals surface area (Å²) in [4.78, 5) is 0. The molecule has 0 spiro atoms. The van der Waals surface area contributed by atoms with Crippen molar-refractivity contribution < 1.29 is 0 Å². The van der Waals surface area contributed by atoms with Gasteiger partial charge in [-0.25, -0.2) is 0 Å². The lowest BCUT2D eigenvalue weighted by atomic mass is 9.96. The van der Waals surface area contributed by atoms with Crippen LogP contribution in [0, 0.1) is 0 Å². The molecule has 0 saturated heterocycles. The van der Waals surface area contributed by atoms with Crippen LogP contribution in [0.5, 0.6) is 0 Å². The molecule has 4 aromatic heterocycles. The first kappa shape index (κ1) is 22.0. The van der Waals surface area contributed by atoms with E-state index in [1.807, 2.05) is 45.3 Å². The zero-order valence-corrected chi connectivity index (χ0v) is 24.9. The lowest BCUT2D eigenvalue weighted by molar-refractivity contribution is 1.70. The molecule has 0 atom stereocenters. The maximum Gasteiger partial charge on any atom is 0.0711 e. The van der Waals surface area contributed by atoms with E-state index in [1.165, 1.54) is 79.6 Å². The molecule has 0 amide bonds. The Kier molecular flexibility index (Phi) is 5.02. The molecule has 0 N–H and O–H groups in total. The summed E-state index contributed by atoms with van der Waals surface area (Å²) in [7, 11) is 0. The second-order valence-corrected chi connectivity index (χ2v) is 15.8. The number of hydrogen-bond donors (Lipinski definition) is 0. The molecule has 4 heterocycles. The molecule has 0 radical (unpaired) electrons. The fraction of sp³-hybridized carbons (Fsp3) is 0. The van der Waals surface area contributed by atoms with Gasteiger partial charge in [-0.2, -0.15) is 0 Å². The smallest absolute Gasteiger partial charge is 0.0711 e. The first-order chi connectivity index (χ1) is 17.7. The summed E-state index contributed by atoms with van der Waals surface area (Å²) >= 11 is 15.0. The molecule has 0 aliphatic carbocycles. The van der Waals surface area contributed by atoms with Gasteiger partial charge in [0.15, 0.2) is 0 Å². The van der Waals surface area contributed by atoms with Crippen molar-refractivity contribution in [3.63, 3.8) is 0 Å². The van der Waals surface area contributed by atoms with E-state index in [0.717, 1.165) is 0 Å². The van der Waals surface area contributed by atoms with E-state index < -0.39 is 0 Å².